The van der Waals surface area contributed by atoms with Crippen molar-refractivity contribution in [2.75, 3.05) is 11.9 Å². The topological polar surface area (TPSA) is 64.1 Å². The number of aryl methyl sites for hydroxylation is 2. The number of carbonyl (C=O) groups excluding carboxylic acids is 1. The van der Waals surface area contributed by atoms with Crippen LogP contribution in [-0.4, -0.2) is 22.7 Å². The van der Waals surface area contributed by atoms with Crippen LogP contribution >= 0.6 is 11.3 Å². The first-order valence-electron chi connectivity index (χ1n) is 7.28. The number of carbonyl (C=O) groups is 1. The highest BCUT2D eigenvalue weighted by Gasteiger charge is 2.11. The largest absolute Gasteiger partial charge is 0.493 e. The highest BCUT2D eigenvalue weighted by molar-refractivity contribution is 7.15. The zero-order valence-electron chi connectivity index (χ0n) is 13.3. The molecule has 2 rings (SSSR count). The molecule has 1 aromatic heterocycles. The lowest BCUT2D eigenvalue weighted by Crippen LogP contribution is -2.17. The van der Waals surface area contributed by atoms with Gasteiger partial charge in [0.05, 0.1) is 6.61 Å². The molecular formula is C16H21N3O2S. The van der Waals surface area contributed by atoms with Crippen LogP contribution in [0.25, 0.3) is 0 Å². The lowest BCUT2D eigenvalue weighted by Gasteiger charge is -2.07. The summed E-state index contributed by atoms with van der Waals surface area (Å²) in [7, 11) is 0. The maximum absolute atomic E-state index is 11.6. The molecule has 6 heteroatoms. The summed E-state index contributed by atoms with van der Waals surface area (Å²) < 4.78 is 5.75. The maximum atomic E-state index is 11.6. The summed E-state index contributed by atoms with van der Waals surface area (Å²) in [6, 6.07) is 6.14. The number of nitrogens with zero attached hydrogens (tertiary/aromatic N) is 2. The van der Waals surface area contributed by atoms with Crippen LogP contribution in [0.3, 0.4) is 0 Å². The van der Waals surface area contributed by atoms with Crippen LogP contribution in [0, 0.1) is 19.8 Å². The number of benzene rings is 1. The number of aromatic nitrogens is 2. The summed E-state index contributed by atoms with van der Waals surface area (Å²) in [5.41, 5.74) is 2.37. The third-order valence-corrected chi connectivity index (χ3v) is 3.90. The van der Waals surface area contributed by atoms with Crippen molar-refractivity contribution in [1.29, 1.82) is 0 Å². The number of ether oxygens (including phenoxy) is 1. The van der Waals surface area contributed by atoms with Crippen molar-refractivity contribution >= 4 is 22.4 Å². The number of hydrogen-bond acceptors (Lipinski definition) is 5. The molecule has 0 saturated heterocycles. The third-order valence-electron chi connectivity index (χ3n) is 3.00. The number of amides is 1. The van der Waals surface area contributed by atoms with Gasteiger partial charge in [-0.25, -0.2) is 0 Å². The normalized spacial score (nSPS) is 10.8. The second-order valence-electron chi connectivity index (χ2n) is 5.57. The van der Waals surface area contributed by atoms with E-state index in [-0.39, 0.29) is 11.8 Å². The Kier molecular flexibility index (Phi) is 5.49. The molecule has 0 bridgehead atoms. The van der Waals surface area contributed by atoms with Crippen LogP contribution in [-0.2, 0) is 11.2 Å². The molecule has 0 saturated carbocycles. The van der Waals surface area contributed by atoms with E-state index in [2.05, 4.69) is 21.6 Å². The predicted octanol–water partition coefficient (Wildman–Crippen LogP) is 3.37. The quantitative estimate of drug-likeness (QED) is 0.886. The SMILES string of the molecule is Cc1cc(C)cc(OCCc2nnc(NC(=O)C(C)C)s2)c1. The Balaban J connectivity index is 1.85. The van der Waals surface area contributed by atoms with E-state index in [0.29, 0.717) is 18.2 Å². The zero-order valence-corrected chi connectivity index (χ0v) is 14.2. The monoisotopic (exact) mass is 319 g/mol. The number of nitrogens with one attached hydrogen (secondary N) is 1. The third kappa shape index (κ3) is 4.80. The Morgan fingerprint density at radius 3 is 2.55 bits per heavy atom. The van der Waals surface area contributed by atoms with Crippen molar-refractivity contribution in [3.05, 3.63) is 34.3 Å². The molecule has 0 aliphatic heterocycles. The van der Waals surface area contributed by atoms with E-state index in [4.69, 9.17) is 4.74 Å². The van der Waals surface area contributed by atoms with Gasteiger partial charge in [0.2, 0.25) is 11.0 Å². The Morgan fingerprint density at radius 1 is 1.23 bits per heavy atom. The standard InChI is InChI=1S/C16H21N3O2S/c1-10(2)15(20)17-16-19-18-14(22-16)5-6-21-13-8-11(3)7-12(4)9-13/h7-10H,5-6H2,1-4H3,(H,17,19,20). The van der Waals surface area contributed by atoms with E-state index in [0.717, 1.165) is 10.8 Å². The second kappa shape index (κ2) is 7.35. The fourth-order valence-corrected chi connectivity index (χ4v) is 2.65. The molecule has 0 atom stereocenters. The van der Waals surface area contributed by atoms with Crippen molar-refractivity contribution in [2.45, 2.75) is 34.1 Å². The van der Waals surface area contributed by atoms with E-state index in [1.807, 2.05) is 39.8 Å². The van der Waals surface area contributed by atoms with Gasteiger partial charge in [0.1, 0.15) is 10.8 Å². The second-order valence-corrected chi connectivity index (χ2v) is 6.63. The van der Waals surface area contributed by atoms with Crippen LogP contribution < -0.4 is 10.1 Å². The van der Waals surface area contributed by atoms with E-state index >= 15 is 0 Å². The first kappa shape index (κ1) is 16.4. The fraction of sp³-hybridized carbons (Fsp3) is 0.438. The average molecular weight is 319 g/mol. The van der Waals surface area contributed by atoms with Gasteiger partial charge in [-0.1, -0.05) is 31.3 Å². The molecular weight excluding hydrogens is 298 g/mol. The molecule has 0 spiro atoms. The summed E-state index contributed by atoms with van der Waals surface area (Å²) in [6.07, 6.45) is 0.669. The first-order chi connectivity index (χ1) is 10.4. The zero-order chi connectivity index (χ0) is 16.1. The lowest BCUT2D eigenvalue weighted by atomic mass is 10.1. The van der Waals surface area contributed by atoms with Gasteiger partial charge in [0.15, 0.2) is 0 Å². The van der Waals surface area contributed by atoms with Crippen molar-refractivity contribution in [3.8, 4) is 5.75 Å². The molecule has 5 nitrogen and oxygen atoms in total. The molecule has 1 amide bonds. The minimum absolute atomic E-state index is 0.0471. The van der Waals surface area contributed by atoms with Crippen molar-refractivity contribution in [2.24, 2.45) is 5.92 Å². The lowest BCUT2D eigenvalue weighted by molar-refractivity contribution is -0.118. The molecule has 0 unspecified atom stereocenters. The summed E-state index contributed by atoms with van der Waals surface area (Å²) in [6.45, 7) is 8.32. The molecule has 118 valence electrons. The molecule has 2 aromatic rings. The molecule has 1 N–H and O–H groups in total. The van der Waals surface area contributed by atoms with Gasteiger partial charge >= 0.3 is 0 Å². The van der Waals surface area contributed by atoms with Gasteiger partial charge in [-0.05, 0) is 37.1 Å². The highest BCUT2D eigenvalue weighted by atomic mass is 32.1. The smallest absolute Gasteiger partial charge is 0.228 e. The Morgan fingerprint density at radius 2 is 1.91 bits per heavy atom. The predicted molar refractivity (Wildman–Crippen MR) is 88.5 cm³/mol. The molecule has 0 aliphatic carbocycles. The number of hydrogen-bond donors (Lipinski definition) is 1. The van der Waals surface area contributed by atoms with Crippen LogP contribution in [0.2, 0.25) is 0 Å². The van der Waals surface area contributed by atoms with E-state index in [9.17, 15) is 4.79 Å². The first-order valence-corrected chi connectivity index (χ1v) is 8.10. The molecule has 0 radical (unpaired) electrons. The number of anilines is 1. The van der Waals surface area contributed by atoms with Crippen LogP contribution in [0.15, 0.2) is 18.2 Å². The van der Waals surface area contributed by atoms with Crippen molar-refractivity contribution in [1.82, 2.24) is 10.2 Å². The van der Waals surface area contributed by atoms with E-state index < -0.39 is 0 Å². The summed E-state index contributed by atoms with van der Waals surface area (Å²) in [5, 5.41) is 12.2. The molecule has 22 heavy (non-hydrogen) atoms. The summed E-state index contributed by atoms with van der Waals surface area (Å²) >= 11 is 1.39. The van der Waals surface area contributed by atoms with Crippen LogP contribution in [0.4, 0.5) is 5.13 Å². The minimum atomic E-state index is -0.0692. The van der Waals surface area contributed by atoms with Crippen molar-refractivity contribution < 1.29 is 9.53 Å². The molecule has 1 heterocycles. The van der Waals surface area contributed by atoms with E-state index in [1.54, 1.807) is 0 Å². The number of rotatable bonds is 6. The van der Waals surface area contributed by atoms with Gasteiger partial charge in [-0.3, -0.25) is 4.79 Å². The fourth-order valence-electron chi connectivity index (χ4n) is 1.93. The molecule has 1 aromatic carbocycles. The van der Waals surface area contributed by atoms with Gasteiger partial charge in [0.25, 0.3) is 0 Å². The van der Waals surface area contributed by atoms with Gasteiger partial charge in [0, 0.05) is 12.3 Å². The minimum Gasteiger partial charge on any atom is -0.493 e. The van der Waals surface area contributed by atoms with Crippen LogP contribution in [0.1, 0.15) is 30.0 Å². The van der Waals surface area contributed by atoms with Gasteiger partial charge in [-0.15, -0.1) is 10.2 Å². The Labute approximate surface area is 134 Å². The van der Waals surface area contributed by atoms with Gasteiger partial charge < -0.3 is 10.1 Å². The van der Waals surface area contributed by atoms with Crippen LogP contribution in [0.5, 0.6) is 5.75 Å². The molecule has 0 aliphatic rings. The Bertz CT molecular complexity index is 632. The van der Waals surface area contributed by atoms with Crippen molar-refractivity contribution in [3.63, 3.8) is 0 Å². The van der Waals surface area contributed by atoms with Gasteiger partial charge in [-0.2, -0.15) is 0 Å². The molecule has 0 fully saturated rings. The summed E-state index contributed by atoms with van der Waals surface area (Å²) in [4.78, 5) is 11.6. The highest BCUT2D eigenvalue weighted by Crippen LogP contribution is 2.19. The maximum Gasteiger partial charge on any atom is 0.228 e. The van der Waals surface area contributed by atoms with E-state index in [1.165, 1.54) is 22.5 Å². The Hall–Kier alpha value is -1.95. The summed E-state index contributed by atoms with van der Waals surface area (Å²) in [5.74, 6) is 0.754. The average Bonchev–Trinajstić information content (AvgIpc) is 2.85.